The summed E-state index contributed by atoms with van der Waals surface area (Å²) < 4.78 is 32.2. The van der Waals surface area contributed by atoms with Crippen LogP contribution in [0.15, 0.2) is 29.2 Å². The van der Waals surface area contributed by atoms with Crippen LogP contribution < -0.4 is 4.74 Å². The third-order valence-electron chi connectivity index (χ3n) is 3.58. The Morgan fingerprint density at radius 3 is 2.45 bits per heavy atom. The molecule has 0 aromatic heterocycles. The summed E-state index contributed by atoms with van der Waals surface area (Å²) in [5.41, 5.74) is -0.313. The van der Waals surface area contributed by atoms with Crippen molar-refractivity contribution in [3.8, 4) is 5.75 Å². The molecule has 0 spiro atoms. The van der Waals surface area contributed by atoms with E-state index in [0.717, 1.165) is 12.8 Å². The molecule has 2 rings (SSSR count). The van der Waals surface area contributed by atoms with Crippen LogP contribution in [-0.2, 0) is 10.0 Å². The molecule has 1 heterocycles. The first-order valence-corrected chi connectivity index (χ1v) is 8.67. The molecule has 0 N–H and O–H groups in total. The van der Waals surface area contributed by atoms with E-state index in [1.807, 2.05) is 13.8 Å². The first-order chi connectivity index (χ1) is 9.38. The van der Waals surface area contributed by atoms with E-state index in [1.165, 1.54) is 0 Å². The van der Waals surface area contributed by atoms with E-state index in [0.29, 0.717) is 29.7 Å². The van der Waals surface area contributed by atoms with Gasteiger partial charge in [0.25, 0.3) is 0 Å². The minimum absolute atomic E-state index is 0.311. The number of ether oxygens (including phenoxy) is 1. The smallest absolute Gasteiger partial charge is 0.243 e. The number of rotatable bonds is 5. The molecule has 6 heteroatoms. The Bertz CT molecular complexity index is 554. The molecule has 20 heavy (non-hydrogen) atoms. The summed E-state index contributed by atoms with van der Waals surface area (Å²) >= 11 is 5.55. The van der Waals surface area contributed by atoms with Gasteiger partial charge in [0, 0.05) is 12.1 Å². The second-order valence-corrected chi connectivity index (χ2v) is 7.74. The van der Waals surface area contributed by atoms with Crippen LogP contribution in [0.25, 0.3) is 0 Å². The van der Waals surface area contributed by atoms with Gasteiger partial charge >= 0.3 is 0 Å². The first-order valence-electron chi connectivity index (χ1n) is 6.69. The highest BCUT2D eigenvalue weighted by molar-refractivity contribution is 7.89. The second-order valence-electron chi connectivity index (χ2n) is 5.50. The Balaban J connectivity index is 2.22. The lowest BCUT2D eigenvalue weighted by molar-refractivity contribution is 0.291. The normalized spacial score (nSPS) is 19.1. The van der Waals surface area contributed by atoms with Gasteiger partial charge in [0.15, 0.2) is 0 Å². The molecule has 1 aliphatic rings. The van der Waals surface area contributed by atoms with Crippen LogP contribution in [0.1, 0.15) is 26.7 Å². The molecule has 1 aromatic carbocycles. The number of benzene rings is 1. The van der Waals surface area contributed by atoms with Crippen LogP contribution >= 0.6 is 11.6 Å². The molecule has 0 radical (unpaired) electrons. The second kappa shape index (κ2) is 5.92. The molecule has 0 atom stereocenters. The predicted octanol–water partition coefficient (Wildman–Crippen LogP) is 2.87. The molecule has 1 saturated heterocycles. The number of sulfonamides is 1. The average molecular weight is 318 g/mol. The van der Waals surface area contributed by atoms with Crippen molar-refractivity contribution in [2.24, 2.45) is 0 Å². The number of nitrogens with zero attached hydrogens (tertiary/aromatic N) is 1. The van der Waals surface area contributed by atoms with Crippen molar-refractivity contribution in [3.63, 3.8) is 0 Å². The molecule has 4 nitrogen and oxygen atoms in total. The van der Waals surface area contributed by atoms with E-state index in [1.54, 1.807) is 28.6 Å². The maximum atomic E-state index is 12.6. The third kappa shape index (κ3) is 3.10. The fourth-order valence-electron chi connectivity index (χ4n) is 2.52. The van der Waals surface area contributed by atoms with Gasteiger partial charge in [0.05, 0.1) is 10.8 Å². The van der Waals surface area contributed by atoms with Crippen LogP contribution in [0.3, 0.4) is 0 Å². The van der Waals surface area contributed by atoms with Crippen molar-refractivity contribution in [2.75, 3.05) is 19.0 Å². The van der Waals surface area contributed by atoms with Crippen molar-refractivity contribution in [3.05, 3.63) is 24.3 Å². The zero-order valence-electron chi connectivity index (χ0n) is 11.8. The zero-order chi connectivity index (χ0) is 14.8. The van der Waals surface area contributed by atoms with Gasteiger partial charge in [-0.05, 0) is 51.0 Å². The minimum Gasteiger partial charge on any atom is -0.492 e. The molecule has 1 fully saturated rings. The Labute approximate surface area is 125 Å². The zero-order valence-corrected chi connectivity index (χ0v) is 13.4. The van der Waals surface area contributed by atoms with Gasteiger partial charge in [-0.3, -0.25) is 0 Å². The van der Waals surface area contributed by atoms with Crippen LogP contribution in [-0.4, -0.2) is 37.3 Å². The van der Waals surface area contributed by atoms with Gasteiger partial charge in [-0.15, -0.1) is 11.6 Å². The van der Waals surface area contributed by atoms with E-state index in [4.69, 9.17) is 16.3 Å². The SMILES string of the molecule is CC1(C)CCCN1S(=O)(=O)c1ccc(OCCCl)cc1. The summed E-state index contributed by atoms with van der Waals surface area (Å²) in [4.78, 5) is 0.311. The molecule has 0 bridgehead atoms. The monoisotopic (exact) mass is 317 g/mol. The Hall–Kier alpha value is -0.780. The lowest BCUT2D eigenvalue weighted by Crippen LogP contribution is -2.42. The fourth-order valence-corrected chi connectivity index (χ4v) is 4.44. The van der Waals surface area contributed by atoms with Crippen LogP contribution in [0.5, 0.6) is 5.75 Å². The van der Waals surface area contributed by atoms with Gasteiger partial charge in [-0.25, -0.2) is 8.42 Å². The van der Waals surface area contributed by atoms with Crippen LogP contribution in [0.2, 0.25) is 0 Å². The van der Waals surface area contributed by atoms with E-state index in [9.17, 15) is 8.42 Å². The molecular formula is C14H20ClNO3S. The highest BCUT2D eigenvalue weighted by Crippen LogP contribution is 2.34. The summed E-state index contributed by atoms with van der Waals surface area (Å²) in [7, 11) is -3.43. The minimum atomic E-state index is -3.43. The molecule has 0 aliphatic carbocycles. The largest absolute Gasteiger partial charge is 0.492 e. The van der Waals surface area contributed by atoms with E-state index in [2.05, 4.69) is 0 Å². The molecule has 0 saturated carbocycles. The fraction of sp³-hybridized carbons (Fsp3) is 0.571. The Morgan fingerprint density at radius 2 is 1.95 bits per heavy atom. The summed E-state index contributed by atoms with van der Waals surface area (Å²) in [5, 5.41) is 0. The number of alkyl halides is 1. The highest BCUT2D eigenvalue weighted by atomic mass is 35.5. The van der Waals surface area contributed by atoms with E-state index >= 15 is 0 Å². The topological polar surface area (TPSA) is 46.6 Å². The van der Waals surface area contributed by atoms with Crippen molar-refractivity contribution in [1.29, 1.82) is 0 Å². The molecule has 0 unspecified atom stereocenters. The van der Waals surface area contributed by atoms with Gasteiger partial charge in [-0.2, -0.15) is 4.31 Å². The maximum absolute atomic E-state index is 12.6. The van der Waals surface area contributed by atoms with Crippen molar-refractivity contribution in [2.45, 2.75) is 37.1 Å². The van der Waals surface area contributed by atoms with Crippen molar-refractivity contribution in [1.82, 2.24) is 4.31 Å². The summed E-state index contributed by atoms with van der Waals surface area (Å²) in [5.74, 6) is 1.03. The Morgan fingerprint density at radius 1 is 1.30 bits per heavy atom. The maximum Gasteiger partial charge on any atom is 0.243 e. The quantitative estimate of drug-likeness (QED) is 0.785. The lowest BCUT2D eigenvalue weighted by Gasteiger charge is -2.30. The molecule has 0 amide bonds. The number of hydrogen-bond acceptors (Lipinski definition) is 3. The lowest BCUT2D eigenvalue weighted by atomic mass is 10.0. The summed E-state index contributed by atoms with van der Waals surface area (Å²) in [6, 6.07) is 6.52. The van der Waals surface area contributed by atoms with Gasteiger partial charge in [-0.1, -0.05) is 0 Å². The van der Waals surface area contributed by atoms with Crippen LogP contribution in [0.4, 0.5) is 0 Å². The van der Waals surface area contributed by atoms with Crippen molar-refractivity contribution >= 4 is 21.6 Å². The molecular weight excluding hydrogens is 298 g/mol. The van der Waals surface area contributed by atoms with Crippen molar-refractivity contribution < 1.29 is 13.2 Å². The average Bonchev–Trinajstić information content (AvgIpc) is 2.77. The summed E-state index contributed by atoms with van der Waals surface area (Å²) in [6.07, 6.45) is 1.80. The first kappa shape index (κ1) is 15.6. The molecule has 1 aromatic rings. The van der Waals surface area contributed by atoms with Gasteiger partial charge < -0.3 is 4.74 Å². The standard InChI is InChI=1S/C14H20ClNO3S/c1-14(2)8-3-10-16(14)20(17,18)13-6-4-12(5-7-13)19-11-9-15/h4-7H,3,8-11H2,1-2H3. The van der Waals surface area contributed by atoms with Gasteiger partial charge in [0.1, 0.15) is 12.4 Å². The Kier molecular flexibility index (Phi) is 4.62. The number of hydrogen-bond donors (Lipinski definition) is 0. The van der Waals surface area contributed by atoms with E-state index < -0.39 is 10.0 Å². The molecule has 1 aliphatic heterocycles. The van der Waals surface area contributed by atoms with E-state index in [-0.39, 0.29) is 5.54 Å². The summed E-state index contributed by atoms with van der Waals surface area (Å²) in [6.45, 7) is 4.93. The predicted molar refractivity (Wildman–Crippen MR) is 79.9 cm³/mol. The number of halogens is 1. The third-order valence-corrected chi connectivity index (χ3v) is 5.86. The van der Waals surface area contributed by atoms with Gasteiger partial charge in [0.2, 0.25) is 10.0 Å². The highest BCUT2D eigenvalue weighted by Gasteiger charge is 2.40. The molecule has 112 valence electrons. The van der Waals surface area contributed by atoms with Crippen LogP contribution in [0, 0.1) is 0 Å².